The highest BCUT2D eigenvalue weighted by molar-refractivity contribution is 6.35. The molecule has 106 valence electrons. The van der Waals surface area contributed by atoms with Crippen molar-refractivity contribution in [3.63, 3.8) is 0 Å². The van der Waals surface area contributed by atoms with E-state index in [4.69, 9.17) is 23.2 Å². The Bertz CT molecular complexity index is 783. The highest BCUT2D eigenvalue weighted by Crippen LogP contribution is 2.32. The Kier molecular flexibility index (Phi) is 4.00. The number of aromatic nitrogens is 1. The Morgan fingerprint density at radius 3 is 2.62 bits per heavy atom. The summed E-state index contributed by atoms with van der Waals surface area (Å²) in [5.74, 6) is 0. The van der Waals surface area contributed by atoms with Gasteiger partial charge in [0.15, 0.2) is 0 Å². The smallest absolute Gasteiger partial charge is 0.0752 e. The number of hydrogen-bond acceptors (Lipinski definition) is 2. The van der Waals surface area contributed by atoms with E-state index in [1.54, 1.807) is 6.20 Å². The van der Waals surface area contributed by atoms with Crippen LogP contribution in [0.4, 0.5) is 5.69 Å². The molecule has 0 unspecified atom stereocenters. The van der Waals surface area contributed by atoms with E-state index in [1.807, 2.05) is 49.4 Å². The zero-order chi connectivity index (χ0) is 14.8. The molecule has 0 saturated carbocycles. The van der Waals surface area contributed by atoms with Crippen molar-refractivity contribution in [1.29, 1.82) is 0 Å². The molecule has 1 aromatic heterocycles. The number of halogens is 2. The molecule has 0 spiro atoms. The quantitative estimate of drug-likeness (QED) is 0.693. The van der Waals surface area contributed by atoms with E-state index >= 15 is 0 Å². The molecule has 1 heterocycles. The van der Waals surface area contributed by atoms with Crippen LogP contribution in [0.5, 0.6) is 0 Å². The third-order valence-corrected chi connectivity index (χ3v) is 3.97. The van der Waals surface area contributed by atoms with Gasteiger partial charge in [-0.25, -0.2) is 0 Å². The van der Waals surface area contributed by atoms with Gasteiger partial charge in [0.1, 0.15) is 0 Å². The highest BCUT2D eigenvalue weighted by atomic mass is 35.5. The second-order valence-corrected chi connectivity index (χ2v) is 5.77. The van der Waals surface area contributed by atoms with Crippen LogP contribution >= 0.6 is 23.2 Å². The summed E-state index contributed by atoms with van der Waals surface area (Å²) in [6.45, 7) is 2.70. The molecule has 0 aliphatic heterocycles. The predicted octanol–water partition coefficient (Wildman–Crippen LogP) is 5.46. The Balaban J connectivity index is 1.95. The Morgan fingerprint density at radius 1 is 1.10 bits per heavy atom. The summed E-state index contributed by atoms with van der Waals surface area (Å²) in [5, 5.41) is 5.89. The molecule has 2 aromatic carbocycles. The van der Waals surface area contributed by atoms with Crippen molar-refractivity contribution in [2.45, 2.75) is 13.5 Å². The second-order valence-electron chi connectivity index (χ2n) is 4.93. The number of rotatable bonds is 3. The van der Waals surface area contributed by atoms with Crippen LogP contribution in [0.3, 0.4) is 0 Å². The van der Waals surface area contributed by atoms with Crippen LogP contribution in [0, 0.1) is 6.92 Å². The van der Waals surface area contributed by atoms with Crippen molar-refractivity contribution in [3.05, 3.63) is 69.8 Å². The molecule has 0 amide bonds. The first-order chi connectivity index (χ1) is 10.1. The minimum absolute atomic E-state index is 0.684. The van der Waals surface area contributed by atoms with E-state index in [0.29, 0.717) is 11.6 Å². The number of fused-ring (bicyclic) bond motifs is 1. The number of aryl methyl sites for hydroxylation is 1. The van der Waals surface area contributed by atoms with Gasteiger partial charge < -0.3 is 5.32 Å². The number of benzene rings is 2. The topological polar surface area (TPSA) is 24.9 Å². The van der Waals surface area contributed by atoms with Gasteiger partial charge in [-0.15, -0.1) is 0 Å². The summed E-state index contributed by atoms with van der Waals surface area (Å²) in [5.41, 5.74) is 4.11. The fourth-order valence-electron chi connectivity index (χ4n) is 2.35. The Labute approximate surface area is 133 Å². The molecular weight excluding hydrogens is 303 g/mol. The first kappa shape index (κ1) is 14.2. The van der Waals surface area contributed by atoms with Crippen molar-refractivity contribution in [3.8, 4) is 0 Å². The van der Waals surface area contributed by atoms with Crippen molar-refractivity contribution in [1.82, 2.24) is 4.98 Å². The standard InChI is InChI=1S/C17H14Cl2N2/c1-11-9-15(19)17(14-3-2-8-20-16(11)14)21-10-12-4-6-13(18)7-5-12/h2-9,21H,10H2,1H3. The average molecular weight is 317 g/mol. The van der Waals surface area contributed by atoms with E-state index in [2.05, 4.69) is 10.3 Å². The molecule has 0 radical (unpaired) electrons. The highest BCUT2D eigenvalue weighted by Gasteiger charge is 2.09. The second kappa shape index (κ2) is 5.92. The fourth-order valence-corrected chi connectivity index (χ4v) is 2.81. The van der Waals surface area contributed by atoms with Crippen LogP contribution in [0.15, 0.2) is 48.7 Å². The van der Waals surface area contributed by atoms with Crippen LogP contribution < -0.4 is 5.32 Å². The summed E-state index contributed by atoms with van der Waals surface area (Å²) in [7, 11) is 0. The lowest BCUT2D eigenvalue weighted by Gasteiger charge is -2.13. The molecule has 0 aliphatic rings. The molecule has 3 rings (SSSR count). The first-order valence-corrected chi connectivity index (χ1v) is 7.43. The van der Waals surface area contributed by atoms with Gasteiger partial charge >= 0.3 is 0 Å². The van der Waals surface area contributed by atoms with Crippen molar-refractivity contribution < 1.29 is 0 Å². The van der Waals surface area contributed by atoms with Crippen LogP contribution in [0.1, 0.15) is 11.1 Å². The first-order valence-electron chi connectivity index (χ1n) is 6.67. The van der Waals surface area contributed by atoms with Crippen molar-refractivity contribution >= 4 is 39.8 Å². The molecule has 0 aliphatic carbocycles. The van der Waals surface area contributed by atoms with Crippen LogP contribution in [-0.2, 0) is 6.54 Å². The maximum atomic E-state index is 6.39. The van der Waals surface area contributed by atoms with Gasteiger partial charge in [-0.1, -0.05) is 35.3 Å². The molecule has 0 bridgehead atoms. The molecule has 0 fully saturated rings. The monoisotopic (exact) mass is 316 g/mol. The maximum absolute atomic E-state index is 6.39. The average Bonchev–Trinajstić information content (AvgIpc) is 2.49. The van der Waals surface area contributed by atoms with Gasteiger partial charge in [-0.05, 0) is 48.4 Å². The molecule has 0 atom stereocenters. The summed E-state index contributed by atoms with van der Waals surface area (Å²) < 4.78 is 0. The lowest BCUT2D eigenvalue weighted by atomic mass is 10.1. The molecular formula is C17H14Cl2N2. The van der Waals surface area contributed by atoms with E-state index in [0.717, 1.165) is 32.7 Å². The third-order valence-electron chi connectivity index (χ3n) is 3.42. The van der Waals surface area contributed by atoms with E-state index in [-0.39, 0.29) is 0 Å². The van der Waals surface area contributed by atoms with Gasteiger partial charge in [-0.2, -0.15) is 0 Å². The van der Waals surface area contributed by atoms with Gasteiger partial charge in [0.2, 0.25) is 0 Å². The fraction of sp³-hybridized carbons (Fsp3) is 0.118. The lowest BCUT2D eigenvalue weighted by molar-refractivity contribution is 1.15. The number of anilines is 1. The largest absolute Gasteiger partial charge is 0.379 e. The zero-order valence-corrected chi connectivity index (χ0v) is 13.0. The van der Waals surface area contributed by atoms with Crippen LogP contribution in [0.2, 0.25) is 10.0 Å². The SMILES string of the molecule is Cc1cc(Cl)c(NCc2ccc(Cl)cc2)c2cccnc12. The van der Waals surface area contributed by atoms with Crippen molar-refractivity contribution in [2.75, 3.05) is 5.32 Å². The summed E-state index contributed by atoms with van der Waals surface area (Å²) >= 11 is 12.3. The van der Waals surface area contributed by atoms with Gasteiger partial charge in [-0.3, -0.25) is 4.98 Å². The molecule has 2 nitrogen and oxygen atoms in total. The van der Waals surface area contributed by atoms with Gasteiger partial charge in [0, 0.05) is 23.2 Å². The molecule has 4 heteroatoms. The molecule has 3 aromatic rings. The van der Waals surface area contributed by atoms with E-state index in [9.17, 15) is 0 Å². The lowest BCUT2D eigenvalue weighted by Crippen LogP contribution is -2.01. The van der Waals surface area contributed by atoms with Gasteiger partial charge in [0.25, 0.3) is 0 Å². The Morgan fingerprint density at radius 2 is 1.86 bits per heavy atom. The third kappa shape index (κ3) is 2.97. The van der Waals surface area contributed by atoms with Gasteiger partial charge in [0.05, 0.1) is 16.2 Å². The van der Waals surface area contributed by atoms with Crippen molar-refractivity contribution in [2.24, 2.45) is 0 Å². The molecule has 21 heavy (non-hydrogen) atoms. The van der Waals surface area contributed by atoms with Crippen LogP contribution in [0.25, 0.3) is 10.9 Å². The van der Waals surface area contributed by atoms with E-state index in [1.165, 1.54) is 0 Å². The zero-order valence-electron chi connectivity index (χ0n) is 11.5. The minimum Gasteiger partial charge on any atom is -0.379 e. The predicted molar refractivity (Wildman–Crippen MR) is 90.3 cm³/mol. The van der Waals surface area contributed by atoms with E-state index < -0.39 is 0 Å². The minimum atomic E-state index is 0.684. The molecule has 1 N–H and O–H groups in total. The Hall–Kier alpha value is -1.77. The number of pyridine rings is 1. The summed E-state index contributed by atoms with van der Waals surface area (Å²) in [6.07, 6.45) is 1.80. The number of nitrogens with zero attached hydrogens (tertiary/aromatic N) is 1. The summed E-state index contributed by atoms with van der Waals surface area (Å²) in [4.78, 5) is 4.43. The normalized spacial score (nSPS) is 10.8. The maximum Gasteiger partial charge on any atom is 0.0752 e. The molecule has 0 saturated heterocycles. The number of nitrogens with one attached hydrogen (secondary N) is 1. The summed E-state index contributed by atoms with van der Waals surface area (Å²) in [6, 6.07) is 13.7. The number of hydrogen-bond donors (Lipinski definition) is 1. The van der Waals surface area contributed by atoms with Crippen LogP contribution in [-0.4, -0.2) is 4.98 Å².